The second-order valence-electron chi connectivity index (χ2n) is 7.87. The highest BCUT2D eigenvalue weighted by Crippen LogP contribution is 2.26. The van der Waals surface area contributed by atoms with Crippen LogP contribution in [0.4, 0.5) is 20.3 Å². The predicted molar refractivity (Wildman–Crippen MR) is 134 cm³/mol. The maximum atomic E-state index is 12.8. The van der Waals surface area contributed by atoms with Crippen LogP contribution in [0.15, 0.2) is 36.8 Å². The third-order valence-electron chi connectivity index (χ3n) is 5.41. The number of nitrogens with one attached hydrogen (secondary N) is 2. The number of hydrogen-bond donors (Lipinski definition) is 2. The van der Waals surface area contributed by atoms with Crippen molar-refractivity contribution in [2.75, 3.05) is 43.4 Å². The molecule has 0 bridgehead atoms. The number of nitrogens with zero attached hydrogens (tertiary/aromatic N) is 5. The zero-order valence-electron chi connectivity index (χ0n) is 18.8. The van der Waals surface area contributed by atoms with E-state index in [4.69, 9.17) is 23.2 Å². The lowest BCUT2D eigenvalue weighted by Gasteiger charge is -2.34. The molecule has 2 amide bonds. The first-order valence-corrected chi connectivity index (χ1v) is 12.4. The van der Waals surface area contributed by atoms with Crippen LogP contribution in [0.3, 0.4) is 0 Å². The molecule has 0 saturated carbocycles. The molecule has 0 aliphatic carbocycles. The molecular formula is C22H21Cl2F2N7O2S. The van der Waals surface area contributed by atoms with Gasteiger partial charge in [-0.1, -0.05) is 23.2 Å². The summed E-state index contributed by atoms with van der Waals surface area (Å²) in [6.07, 6.45) is 1.89. The summed E-state index contributed by atoms with van der Waals surface area (Å²) < 4.78 is 29.2. The predicted octanol–water partition coefficient (Wildman–Crippen LogP) is 4.13. The lowest BCUT2D eigenvalue weighted by Crippen LogP contribution is -2.49. The summed E-state index contributed by atoms with van der Waals surface area (Å²) in [7, 11) is 0. The number of benzene rings is 1. The molecule has 1 fully saturated rings. The van der Waals surface area contributed by atoms with E-state index in [9.17, 15) is 18.4 Å². The number of anilines is 2. The van der Waals surface area contributed by atoms with Crippen molar-refractivity contribution in [3.63, 3.8) is 0 Å². The lowest BCUT2D eigenvalue weighted by atomic mass is 10.2. The molecule has 14 heteroatoms. The third-order valence-corrected chi connectivity index (χ3v) is 6.94. The van der Waals surface area contributed by atoms with Crippen molar-refractivity contribution in [1.29, 1.82) is 0 Å². The van der Waals surface area contributed by atoms with Crippen LogP contribution in [0.2, 0.25) is 10.0 Å². The van der Waals surface area contributed by atoms with Gasteiger partial charge in [0, 0.05) is 31.9 Å². The first-order chi connectivity index (χ1) is 17.3. The van der Waals surface area contributed by atoms with Crippen LogP contribution < -0.4 is 10.6 Å². The van der Waals surface area contributed by atoms with Crippen molar-refractivity contribution >= 4 is 58.1 Å². The molecule has 2 aromatic heterocycles. The zero-order chi connectivity index (χ0) is 25.7. The Morgan fingerprint density at radius 1 is 1.08 bits per heavy atom. The van der Waals surface area contributed by atoms with Gasteiger partial charge >= 0.3 is 0 Å². The molecule has 36 heavy (non-hydrogen) atoms. The van der Waals surface area contributed by atoms with E-state index in [1.54, 1.807) is 28.0 Å². The topological polar surface area (TPSA) is 103 Å². The molecule has 3 heterocycles. The van der Waals surface area contributed by atoms with E-state index in [-0.39, 0.29) is 30.6 Å². The van der Waals surface area contributed by atoms with Crippen LogP contribution in [0.25, 0.3) is 0 Å². The zero-order valence-corrected chi connectivity index (χ0v) is 21.1. The molecule has 3 aromatic rings. The Balaban J connectivity index is 1.35. The molecule has 1 saturated heterocycles. The molecule has 1 aliphatic heterocycles. The Kier molecular flexibility index (Phi) is 8.62. The fourth-order valence-electron chi connectivity index (χ4n) is 3.56. The molecule has 0 unspecified atom stereocenters. The number of rotatable bonds is 8. The Bertz CT molecular complexity index is 1240. The third kappa shape index (κ3) is 6.64. The Morgan fingerprint density at radius 3 is 2.58 bits per heavy atom. The SMILES string of the molecule is O=C(Nc1ccc(Cl)c(Cl)c1)c1cnsc1CNc1cncc(C(=O)N2CCN(CC(F)F)CC2)n1. The molecule has 0 spiro atoms. The molecule has 0 atom stereocenters. The first-order valence-electron chi connectivity index (χ1n) is 10.9. The van der Waals surface area contributed by atoms with E-state index in [0.717, 1.165) is 11.5 Å². The molecular weight excluding hydrogens is 535 g/mol. The number of hydrogen-bond acceptors (Lipinski definition) is 8. The monoisotopic (exact) mass is 555 g/mol. The normalized spacial score (nSPS) is 14.2. The van der Waals surface area contributed by atoms with E-state index in [1.165, 1.54) is 18.6 Å². The number of halogens is 4. The minimum atomic E-state index is -2.40. The molecule has 1 aliphatic rings. The fraction of sp³-hybridized carbons (Fsp3) is 0.318. The summed E-state index contributed by atoms with van der Waals surface area (Å²) in [4.78, 5) is 37.8. The summed E-state index contributed by atoms with van der Waals surface area (Å²) in [5.74, 6) is -0.330. The smallest absolute Gasteiger partial charge is 0.274 e. The van der Waals surface area contributed by atoms with Gasteiger partial charge in [-0.25, -0.2) is 13.8 Å². The second-order valence-corrected chi connectivity index (χ2v) is 9.57. The van der Waals surface area contributed by atoms with Gasteiger partial charge in [0.05, 0.1) is 52.2 Å². The first kappa shape index (κ1) is 26.1. The van der Waals surface area contributed by atoms with Gasteiger partial charge in [-0.3, -0.25) is 19.5 Å². The fourth-order valence-corrected chi connectivity index (χ4v) is 4.53. The highest BCUT2D eigenvalue weighted by molar-refractivity contribution is 7.06. The highest BCUT2D eigenvalue weighted by atomic mass is 35.5. The van der Waals surface area contributed by atoms with Gasteiger partial charge in [0.1, 0.15) is 11.5 Å². The number of amides is 2. The average molecular weight is 556 g/mol. The van der Waals surface area contributed by atoms with Gasteiger partial charge in [0.2, 0.25) is 0 Å². The lowest BCUT2D eigenvalue weighted by molar-refractivity contribution is 0.0455. The standard InChI is InChI=1S/C22H21Cl2F2N7O2S/c23-15-2-1-13(7-16(15)24)30-21(34)14-8-29-36-18(14)10-28-20-11-27-9-17(31-20)22(35)33-5-3-32(4-6-33)12-19(25)26/h1-2,7-9,11,19H,3-6,10,12H2,(H,28,31)(H,30,34). The molecule has 190 valence electrons. The van der Waals surface area contributed by atoms with Crippen molar-refractivity contribution in [3.05, 3.63) is 63.0 Å². The summed E-state index contributed by atoms with van der Waals surface area (Å²) >= 11 is 13.1. The van der Waals surface area contributed by atoms with Crippen LogP contribution in [-0.4, -0.2) is 75.1 Å². The van der Waals surface area contributed by atoms with Crippen LogP contribution in [0.5, 0.6) is 0 Å². The van der Waals surface area contributed by atoms with E-state index in [2.05, 4.69) is 25.0 Å². The average Bonchev–Trinajstić information content (AvgIpc) is 3.34. The van der Waals surface area contributed by atoms with Crippen molar-refractivity contribution in [3.8, 4) is 0 Å². The van der Waals surface area contributed by atoms with Crippen molar-refractivity contribution in [2.24, 2.45) is 0 Å². The van der Waals surface area contributed by atoms with Crippen LogP contribution >= 0.6 is 34.7 Å². The van der Waals surface area contributed by atoms with Gasteiger partial charge in [-0.05, 0) is 29.7 Å². The molecule has 4 rings (SSSR count). The van der Waals surface area contributed by atoms with E-state index >= 15 is 0 Å². The van der Waals surface area contributed by atoms with Crippen molar-refractivity contribution in [2.45, 2.75) is 13.0 Å². The van der Waals surface area contributed by atoms with E-state index < -0.39 is 6.43 Å². The van der Waals surface area contributed by atoms with Crippen molar-refractivity contribution in [1.82, 2.24) is 24.1 Å². The van der Waals surface area contributed by atoms with Crippen LogP contribution in [-0.2, 0) is 6.54 Å². The highest BCUT2D eigenvalue weighted by Gasteiger charge is 2.25. The van der Waals surface area contributed by atoms with Crippen molar-refractivity contribution < 1.29 is 18.4 Å². The van der Waals surface area contributed by atoms with E-state index in [0.29, 0.717) is 58.2 Å². The van der Waals surface area contributed by atoms with Gasteiger partial charge < -0.3 is 15.5 Å². The van der Waals surface area contributed by atoms with Gasteiger partial charge in [0.25, 0.3) is 18.2 Å². The van der Waals surface area contributed by atoms with Gasteiger partial charge in [-0.15, -0.1) is 0 Å². The minimum Gasteiger partial charge on any atom is -0.364 e. The molecule has 0 radical (unpaired) electrons. The quantitative estimate of drug-likeness (QED) is 0.430. The minimum absolute atomic E-state index is 0.143. The number of carbonyl (C=O) groups excluding carboxylic acids is 2. The van der Waals surface area contributed by atoms with Gasteiger partial charge in [0.15, 0.2) is 0 Å². The summed E-state index contributed by atoms with van der Waals surface area (Å²) in [6, 6.07) is 4.78. The Hall–Kier alpha value is -2.93. The van der Waals surface area contributed by atoms with Crippen LogP contribution in [0, 0.1) is 0 Å². The maximum absolute atomic E-state index is 12.8. The number of carbonyl (C=O) groups is 2. The summed E-state index contributed by atoms with van der Waals surface area (Å²) in [5.41, 5.74) is 1.01. The van der Waals surface area contributed by atoms with Gasteiger partial charge in [-0.2, -0.15) is 4.37 Å². The molecule has 9 nitrogen and oxygen atoms in total. The second kappa shape index (κ2) is 11.9. The number of alkyl halides is 2. The Morgan fingerprint density at radius 2 is 1.86 bits per heavy atom. The number of piperazine rings is 1. The molecule has 1 aromatic carbocycles. The molecule has 2 N–H and O–H groups in total. The Labute approximate surface area is 219 Å². The number of aromatic nitrogens is 3. The van der Waals surface area contributed by atoms with E-state index in [1.807, 2.05) is 0 Å². The summed E-state index contributed by atoms with van der Waals surface area (Å²) in [5, 5.41) is 6.53. The van der Waals surface area contributed by atoms with Crippen LogP contribution in [0.1, 0.15) is 25.7 Å². The maximum Gasteiger partial charge on any atom is 0.274 e. The summed E-state index contributed by atoms with van der Waals surface area (Å²) in [6.45, 7) is 1.35. The largest absolute Gasteiger partial charge is 0.364 e.